The number of nitrogens with zero attached hydrogens (tertiary/aromatic N) is 1. The Morgan fingerprint density at radius 3 is 2.30 bits per heavy atom. The number of nitrogens with one attached hydrogen (secondary N) is 1. The molecule has 5 nitrogen and oxygen atoms in total. The molecule has 0 saturated carbocycles. The highest BCUT2D eigenvalue weighted by Crippen LogP contribution is 2.23. The molecule has 1 rings (SSSR count). The summed E-state index contributed by atoms with van der Waals surface area (Å²) in [5.74, 6) is -2.80. The second-order valence-corrected chi connectivity index (χ2v) is 7.92. The Kier molecular flexibility index (Phi) is 5.74. The van der Waals surface area contributed by atoms with E-state index in [4.69, 9.17) is 0 Å². The average molecular weight is 348 g/mol. The van der Waals surface area contributed by atoms with E-state index in [2.05, 4.69) is 5.32 Å². The first-order chi connectivity index (χ1) is 10.4. The molecular formula is C15H22F2N2O3S. The van der Waals surface area contributed by atoms with E-state index in [0.717, 1.165) is 28.8 Å². The van der Waals surface area contributed by atoms with Crippen LogP contribution in [0.3, 0.4) is 0 Å². The fourth-order valence-corrected chi connectivity index (χ4v) is 3.12. The lowest BCUT2D eigenvalue weighted by Gasteiger charge is -2.32. The van der Waals surface area contributed by atoms with Crippen LogP contribution < -0.4 is 9.62 Å². The Morgan fingerprint density at radius 2 is 1.87 bits per heavy atom. The van der Waals surface area contributed by atoms with Crippen molar-refractivity contribution in [3.8, 4) is 0 Å². The van der Waals surface area contributed by atoms with Crippen molar-refractivity contribution < 1.29 is 22.0 Å². The summed E-state index contributed by atoms with van der Waals surface area (Å²) in [5, 5.41) is 2.74. The van der Waals surface area contributed by atoms with Gasteiger partial charge in [0, 0.05) is 11.6 Å². The van der Waals surface area contributed by atoms with Gasteiger partial charge in [-0.3, -0.25) is 9.10 Å². The normalized spacial score (nSPS) is 13.5. The molecule has 0 spiro atoms. The third kappa shape index (κ3) is 4.89. The highest BCUT2D eigenvalue weighted by atomic mass is 32.2. The van der Waals surface area contributed by atoms with Crippen molar-refractivity contribution in [3.05, 3.63) is 29.8 Å². The summed E-state index contributed by atoms with van der Waals surface area (Å²) in [6.45, 7) is 6.89. The minimum Gasteiger partial charge on any atom is -0.349 e. The van der Waals surface area contributed by atoms with Crippen molar-refractivity contribution in [3.63, 3.8) is 0 Å². The van der Waals surface area contributed by atoms with E-state index in [-0.39, 0.29) is 5.69 Å². The van der Waals surface area contributed by atoms with Gasteiger partial charge in [0.1, 0.15) is 6.04 Å². The Hall–Kier alpha value is -1.70. The van der Waals surface area contributed by atoms with Crippen molar-refractivity contribution in [2.45, 2.75) is 45.7 Å². The minimum absolute atomic E-state index is 0.108. The molecule has 0 radical (unpaired) electrons. The molecule has 0 aliphatic carbocycles. The number of sulfonamides is 1. The van der Waals surface area contributed by atoms with Gasteiger partial charge in [0.2, 0.25) is 15.9 Å². The molecule has 0 bridgehead atoms. The van der Waals surface area contributed by atoms with E-state index in [1.165, 1.54) is 6.92 Å². The number of carbonyl (C=O) groups excluding carboxylic acids is 1. The van der Waals surface area contributed by atoms with Crippen LogP contribution in [0, 0.1) is 11.6 Å². The summed E-state index contributed by atoms with van der Waals surface area (Å²) in [6.07, 6.45) is 1.55. The molecule has 1 N–H and O–H groups in total. The summed E-state index contributed by atoms with van der Waals surface area (Å²) in [6, 6.07) is 1.59. The SMILES string of the molecule is CCC(C)(C)NC(=O)[C@H](C)N(c1ccc(F)c(F)c1)S(C)(=O)=O. The maximum atomic E-state index is 13.4. The number of amides is 1. The molecule has 1 aromatic carbocycles. The number of carbonyl (C=O) groups is 1. The van der Waals surface area contributed by atoms with Gasteiger partial charge in [-0.1, -0.05) is 6.92 Å². The standard InChI is InChI=1S/C15H22F2N2O3S/c1-6-15(3,4)18-14(20)10(2)19(23(5,21)22)11-7-8-12(16)13(17)9-11/h7-10H,6H2,1-5H3,(H,18,20)/t10-/m0/s1. The molecule has 8 heteroatoms. The van der Waals surface area contributed by atoms with Crippen molar-refractivity contribution in [2.24, 2.45) is 0 Å². The van der Waals surface area contributed by atoms with E-state index >= 15 is 0 Å². The molecular weight excluding hydrogens is 326 g/mol. The first kappa shape index (κ1) is 19.3. The van der Waals surface area contributed by atoms with Gasteiger partial charge in [0.05, 0.1) is 11.9 Å². The quantitative estimate of drug-likeness (QED) is 0.859. The van der Waals surface area contributed by atoms with Gasteiger partial charge >= 0.3 is 0 Å². The van der Waals surface area contributed by atoms with E-state index in [9.17, 15) is 22.0 Å². The lowest BCUT2D eigenvalue weighted by atomic mass is 10.0. The average Bonchev–Trinajstić information content (AvgIpc) is 2.41. The zero-order chi connectivity index (χ0) is 18.0. The number of rotatable bonds is 6. The first-order valence-electron chi connectivity index (χ1n) is 7.15. The van der Waals surface area contributed by atoms with Crippen LogP contribution in [0.2, 0.25) is 0 Å². The molecule has 1 amide bonds. The van der Waals surface area contributed by atoms with Crippen LogP contribution in [-0.2, 0) is 14.8 Å². The molecule has 0 aliphatic rings. The molecule has 0 unspecified atom stereocenters. The highest BCUT2D eigenvalue weighted by molar-refractivity contribution is 7.92. The van der Waals surface area contributed by atoms with Gasteiger partial charge in [-0.05, 0) is 39.3 Å². The third-order valence-corrected chi connectivity index (χ3v) is 4.83. The largest absolute Gasteiger partial charge is 0.349 e. The summed E-state index contributed by atoms with van der Waals surface area (Å²) in [7, 11) is -3.87. The zero-order valence-corrected chi connectivity index (χ0v) is 14.7. The van der Waals surface area contributed by atoms with Crippen molar-refractivity contribution >= 4 is 21.6 Å². The van der Waals surface area contributed by atoms with Gasteiger partial charge in [-0.2, -0.15) is 0 Å². The highest BCUT2D eigenvalue weighted by Gasteiger charge is 2.32. The topological polar surface area (TPSA) is 66.5 Å². The lowest BCUT2D eigenvalue weighted by Crippen LogP contribution is -2.53. The molecule has 0 aromatic heterocycles. The van der Waals surface area contributed by atoms with Gasteiger partial charge in [-0.15, -0.1) is 0 Å². The second kappa shape index (κ2) is 6.82. The van der Waals surface area contributed by atoms with Gasteiger partial charge < -0.3 is 5.32 Å². The van der Waals surface area contributed by atoms with E-state index in [1.54, 1.807) is 13.8 Å². The smallest absolute Gasteiger partial charge is 0.244 e. The number of benzene rings is 1. The molecule has 0 aliphatic heterocycles. The van der Waals surface area contributed by atoms with Gasteiger partial charge in [0.25, 0.3) is 0 Å². The minimum atomic E-state index is -3.87. The fourth-order valence-electron chi connectivity index (χ4n) is 1.96. The molecule has 1 aromatic rings. The second-order valence-electron chi connectivity index (χ2n) is 6.06. The van der Waals surface area contributed by atoms with Crippen LogP contribution in [0.25, 0.3) is 0 Å². The molecule has 130 valence electrons. The molecule has 1 atom stereocenters. The fraction of sp³-hybridized carbons (Fsp3) is 0.533. The maximum Gasteiger partial charge on any atom is 0.244 e. The van der Waals surface area contributed by atoms with E-state index < -0.39 is 39.1 Å². The first-order valence-corrected chi connectivity index (χ1v) is 9.00. The molecule has 0 fully saturated rings. The summed E-state index contributed by atoms with van der Waals surface area (Å²) in [4.78, 5) is 12.3. The monoisotopic (exact) mass is 348 g/mol. The summed E-state index contributed by atoms with van der Waals surface area (Å²) < 4.78 is 51.3. The predicted molar refractivity (Wildman–Crippen MR) is 85.7 cm³/mol. The van der Waals surface area contributed by atoms with E-state index in [1.807, 2.05) is 6.92 Å². The van der Waals surface area contributed by atoms with Crippen molar-refractivity contribution in [1.82, 2.24) is 5.32 Å². The van der Waals surface area contributed by atoms with Crippen molar-refractivity contribution in [1.29, 1.82) is 0 Å². The number of hydrogen-bond acceptors (Lipinski definition) is 3. The van der Waals surface area contributed by atoms with Crippen LogP contribution in [-0.4, -0.2) is 32.2 Å². The van der Waals surface area contributed by atoms with Crippen LogP contribution >= 0.6 is 0 Å². The van der Waals surface area contributed by atoms with Crippen LogP contribution in [0.1, 0.15) is 34.1 Å². The number of anilines is 1. The Morgan fingerprint density at radius 1 is 1.30 bits per heavy atom. The molecule has 0 saturated heterocycles. The third-order valence-electron chi connectivity index (χ3n) is 3.59. The Labute approximate surface area is 135 Å². The Balaban J connectivity index is 3.22. The maximum absolute atomic E-state index is 13.4. The number of hydrogen-bond donors (Lipinski definition) is 1. The van der Waals surface area contributed by atoms with Crippen LogP contribution in [0.15, 0.2) is 18.2 Å². The van der Waals surface area contributed by atoms with Gasteiger partial charge in [-0.25, -0.2) is 17.2 Å². The van der Waals surface area contributed by atoms with Crippen LogP contribution in [0.5, 0.6) is 0 Å². The predicted octanol–water partition coefficient (Wildman–Crippen LogP) is 2.42. The van der Waals surface area contributed by atoms with Crippen molar-refractivity contribution in [2.75, 3.05) is 10.6 Å². The summed E-state index contributed by atoms with van der Waals surface area (Å²) >= 11 is 0. The summed E-state index contributed by atoms with van der Waals surface area (Å²) in [5.41, 5.74) is -0.619. The van der Waals surface area contributed by atoms with E-state index in [0.29, 0.717) is 6.42 Å². The lowest BCUT2D eigenvalue weighted by molar-refractivity contribution is -0.123. The van der Waals surface area contributed by atoms with Crippen LogP contribution in [0.4, 0.5) is 14.5 Å². The molecule has 0 heterocycles. The Bertz CT molecular complexity index is 690. The number of halogens is 2. The zero-order valence-electron chi connectivity index (χ0n) is 13.9. The molecule has 23 heavy (non-hydrogen) atoms. The van der Waals surface area contributed by atoms with Gasteiger partial charge in [0.15, 0.2) is 11.6 Å².